The summed E-state index contributed by atoms with van der Waals surface area (Å²) >= 11 is 0. The highest BCUT2D eigenvalue weighted by Crippen LogP contribution is 2.32. The van der Waals surface area contributed by atoms with Gasteiger partial charge in [0.1, 0.15) is 17.7 Å². The van der Waals surface area contributed by atoms with Gasteiger partial charge in [-0.1, -0.05) is 25.3 Å². The Morgan fingerprint density at radius 2 is 1.93 bits per heavy atom. The highest BCUT2D eigenvalue weighted by Gasteiger charge is 2.25. The van der Waals surface area contributed by atoms with Crippen molar-refractivity contribution in [2.24, 2.45) is 0 Å². The summed E-state index contributed by atoms with van der Waals surface area (Å²) in [5.74, 6) is -2.01. The lowest BCUT2D eigenvalue weighted by molar-refractivity contribution is 0.0944. The second-order valence-corrected chi connectivity index (χ2v) is 7.15. The minimum absolute atomic E-state index is 0.0478. The minimum Gasteiger partial charge on any atom is -0.345 e. The number of amides is 1. The van der Waals surface area contributed by atoms with Gasteiger partial charge in [-0.3, -0.25) is 4.79 Å². The third-order valence-corrected chi connectivity index (χ3v) is 5.35. The lowest BCUT2D eigenvalue weighted by Gasteiger charge is -2.26. The van der Waals surface area contributed by atoms with Gasteiger partial charge < -0.3 is 9.88 Å². The molecular formula is C21H23F2N3O. The molecule has 1 unspecified atom stereocenters. The van der Waals surface area contributed by atoms with Crippen molar-refractivity contribution in [1.82, 2.24) is 9.88 Å². The molecule has 0 bridgehead atoms. The van der Waals surface area contributed by atoms with Gasteiger partial charge in [-0.2, -0.15) is 5.26 Å². The number of carbonyl (C=O) groups excluding carboxylic acids is 1. The molecule has 1 aliphatic carbocycles. The van der Waals surface area contributed by atoms with Crippen LogP contribution in [0.1, 0.15) is 71.5 Å². The highest BCUT2D eigenvalue weighted by molar-refractivity contribution is 5.96. The Kier molecular flexibility index (Phi) is 5.59. The Morgan fingerprint density at radius 3 is 2.56 bits per heavy atom. The van der Waals surface area contributed by atoms with Crippen LogP contribution in [0.4, 0.5) is 8.78 Å². The Hall–Kier alpha value is -2.68. The SMILES string of the molecule is Cc1cc(C(=O)NC(C#N)c2ccc(F)cc2F)c(C)n1C1CCCCC1. The van der Waals surface area contributed by atoms with E-state index in [1.54, 1.807) is 0 Å². The van der Waals surface area contributed by atoms with E-state index in [9.17, 15) is 18.8 Å². The standard InChI is InChI=1S/C21H23F2N3O/c1-13-10-18(14(2)26(13)16-6-4-3-5-7-16)21(27)25-20(12-24)17-9-8-15(22)11-19(17)23/h8-11,16,20H,3-7H2,1-2H3,(H,25,27). The van der Waals surface area contributed by atoms with Crippen LogP contribution in [0.15, 0.2) is 24.3 Å². The highest BCUT2D eigenvalue weighted by atomic mass is 19.1. The fourth-order valence-corrected chi connectivity index (χ4v) is 4.03. The molecule has 2 aromatic rings. The average Bonchev–Trinajstić information content (AvgIpc) is 2.95. The van der Waals surface area contributed by atoms with Crippen molar-refractivity contribution in [2.75, 3.05) is 0 Å². The van der Waals surface area contributed by atoms with Crippen molar-refractivity contribution in [3.05, 3.63) is 58.4 Å². The molecule has 0 aliphatic heterocycles. The molecule has 0 saturated heterocycles. The first kappa shape index (κ1) is 19.1. The normalized spacial score (nSPS) is 16.0. The zero-order valence-corrected chi connectivity index (χ0v) is 15.6. The number of carbonyl (C=O) groups is 1. The molecule has 6 heteroatoms. The van der Waals surface area contributed by atoms with Gasteiger partial charge in [-0.05, 0) is 38.8 Å². The molecule has 1 aliphatic rings. The Balaban J connectivity index is 1.84. The van der Waals surface area contributed by atoms with E-state index in [1.165, 1.54) is 25.3 Å². The number of rotatable bonds is 4. The maximum absolute atomic E-state index is 14.0. The summed E-state index contributed by atoms with van der Waals surface area (Å²) in [6.07, 6.45) is 5.81. The lowest BCUT2D eigenvalue weighted by atomic mass is 9.95. The largest absolute Gasteiger partial charge is 0.345 e. The summed E-state index contributed by atoms with van der Waals surface area (Å²) in [7, 11) is 0. The monoisotopic (exact) mass is 371 g/mol. The quantitative estimate of drug-likeness (QED) is 0.832. The first-order chi connectivity index (χ1) is 12.9. The van der Waals surface area contributed by atoms with Crippen molar-refractivity contribution in [3.8, 4) is 6.07 Å². The van der Waals surface area contributed by atoms with Crippen LogP contribution in [-0.2, 0) is 0 Å². The van der Waals surface area contributed by atoms with Crippen molar-refractivity contribution in [2.45, 2.75) is 58.0 Å². The van der Waals surface area contributed by atoms with Crippen LogP contribution >= 0.6 is 0 Å². The fraction of sp³-hybridized carbons (Fsp3) is 0.429. The summed E-state index contributed by atoms with van der Waals surface area (Å²) in [6.45, 7) is 3.87. The van der Waals surface area contributed by atoms with Crippen LogP contribution in [0.5, 0.6) is 0 Å². The summed E-state index contributed by atoms with van der Waals surface area (Å²) < 4.78 is 29.3. The third kappa shape index (κ3) is 3.87. The van der Waals surface area contributed by atoms with Crippen LogP contribution in [-0.4, -0.2) is 10.5 Å². The zero-order chi connectivity index (χ0) is 19.6. The Labute approximate surface area is 157 Å². The molecule has 27 heavy (non-hydrogen) atoms. The number of nitrogens with one attached hydrogen (secondary N) is 1. The van der Waals surface area contributed by atoms with Gasteiger partial charge in [0.05, 0.1) is 11.6 Å². The average molecular weight is 371 g/mol. The van der Waals surface area contributed by atoms with Crippen LogP contribution in [0.3, 0.4) is 0 Å². The number of halogens is 2. The van der Waals surface area contributed by atoms with Gasteiger partial charge in [-0.25, -0.2) is 8.78 Å². The predicted molar refractivity (Wildman–Crippen MR) is 98.2 cm³/mol. The van der Waals surface area contributed by atoms with Gasteiger partial charge in [0, 0.05) is 29.1 Å². The summed E-state index contributed by atoms with van der Waals surface area (Å²) in [5.41, 5.74) is 2.30. The third-order valence-electron chi connectivity index (χ3n) is 5.35. The molecule has 1 N–H and O–H groups in total. The van der Waals surface area contributed by atoms with Crippen LogP contribution in [0.2, 0.25) is 0 Å². The van der Waals surface area contributed by atoms with E-state index in [0.29, 0.717) is 17.7 Å². The van der Waals surface area contributed by atoms with Crippen LogP contribution < -0.4 is 5.32 Å². The number of benzene rings is 1. The molecule has 1 saturated carbocycles. The topological polar surface area (TPSA) is 57.8 Å². The lowest BCUT2D eigenvalue weighted by Crippen LogP contribution is -2.28. The van der Waals surface area contributed by atoms with E-state index in [4.69, 9.17) is 0 Å². The summed E-state index contributed by atoms with van der Waals surface area (Å²) in [6, 6.07) is 5.87. The van der Waals surface area contributed by atoms with Crippen LogP contribution in [0, 0.1) is 36.8 Å². The molecular weight excluding hydrogens is 348 g/mol. The molecule has 0 radical (unpaired) electrons. The summed E-state index contributed by atoms with van der Waals surface area (Å²) in [5, 5.41) is 11.9. The first-order valence-corrected chi connectivity index (χ1v) is 9.26. The van der Waals surface area contributed by atoms with E-state index in [0.717, 1.165) is 30.3 Å². The Bertz CT molecular complexity index is 892. The molecule has 142 valence electrons. The molecule has 1 fully saturated rings. The van der Waals surface area contributed by atoms with Gasteiger partial charge in [0.15, 0.2) is 0 Å². The number of nitrogens with zero attached hydrogens (tertiary/aromatic N) is 2. The molecule has 1 atom stereocenters. The number of hydrogen-bond acceptors (Lipinski definition) is 2. The second-order valence-electron chi connectivity index (χ2n) is 7.15. The zero-order valence-electron chi connectivity index (χ0n) is 15.6. The minimum atomic E-state index is -1.18. The van der Waals surface area contributed by atoms with Crippen molar-refractivity contribution >= 4 is 5.91 Å². The number of hydrogen-bond donors (Lipinski definition) is 1. The summed E-state index contributed by atoms with van der Waals surface area (Å²) in [4.78, 5) is 12.8. The van der Waals surface area contributed by atoms with E-state index < -0.39 is 23.6 Å². The molecule has 1 heterocycles. The van der Waals surface area contributed by atoms with E-state index in [-0.39, 0.29) is 5.56 Å². The number of nitriles is 1. The maximum atomic E-state index is 14.0. The molecule has 4 nitrogen and oxygen atoms in total. The fourth-order valence-electron chi connectivity index (χ4n) is 4.03. The molecule has 1 aromatic carbocycles. The van der Waals surface area contributed by atoms with Crippen molar-refractivity contribution in [1.29, 1.82) is 5.26 Å². The van der Waals surface area contributed by atoms with Gasteiger partial charge in [0.25, 0.3) is 5.91 Å². The van der Waals surface area contributed by atoms with Crippen LogP contribution in [0.25, 0.3) is 0 Å². The van der Waals surface area contributed by atoms with Gasteiger partial charge in [-0.15, -0.1) is 0 Å². The van der Waals surface area contributed by atoms with Crippen molar-refractivity contribution < 1.29 is 13.6 Å². The number of aromatic nitrogens is 1. The van der Waals surface area contributed by atoms with E-state index in [1.807, 2.05) is 26.0 Å². The molecule has 0 spiro atoms. The van der Waals surface area contributed by atoms with Gasteiger partial charge in [0.2, 0.25) is 0 Å². The molecule has 1 amide bonds. The van der Waals surface area contributed by atoms with Gasteiger partial charge >= 0.3 is 0 Å². The maximum Gasteiger partial charge on any atom is 0.254 e. The molecule has 3 rings (SSSR count). The number of aryl methyl sites for hydroxylation is 1. The van der Waals surface area contributed by atoms with E-state index >= 15 is 0 Å². The first-order valence-electron chi connectivity index (χ1n) is 9.26. The predicted octanol–water partition coefficient (Wildman–Crippen LogP) is 4.88. The smallest absolute Gasteiger partial charge is 0.254 e. The Morgan fingerprint density at radius 1 is 1.22 bits per heavy atom. The van der Waals surface area contributed by atoms with Crippen molar-refractivity contribution in [3.63, 3.8) is 0 Å². The molecule has 1 aromatic heterocycles. The van der Waals surface area contributed by atoms with E-state index in [2.05, 4.69) is 9.88 Å². The second kappa shape index (κ2) is 7.91.